The van der Waals surface area contributed by atoms with Crippen LogP contribution in [0.4, 0.5) is 0 Å². The molecule has 0 radical (unpaired) electrons. The Morgan fingerprint density at radius 1 is 1.57 bits per heavy atom. The van der Waals surface area contributed by atoms with Gasteiger partial charge in [-0.3, -0.25) is 10.1 Å². The van der Waals surface area contributed by atoms with Crippen molar-refractivity contribution in [2.24, 2.45) is 0 Å². The van der Waals surface area contributed by atoms with Crippen LogP contribution in [-0.4, -0.2) is 9.49 Å². The van der Waals surface area contributed by atoms with E-state index < -0.39 is 4.92 Å². The summed E-state index contributed by atoms with van der Waals surface area (Å²) >= 11 is 0. The first-order chi connectivity index (χ1) is 6.50. The molecule has 1 rings (SSSR count). The molecule has 0 amide bonds. The van der Waals surface area contributed by atoms with Crippen LogP contribution in [0.15, 0.2) is 18.5 Å². The summed E-state index contributed by atoms with van der Waals surface area (Å²) in [5.41, 5.74) is 1.98. The van der Waals surface area contributed by atoms with Gasteiger partial charge in [-0.1, -0.05) is 0 Å². The van der Waals surface area contributed by atoms with Gasteiger partial charge in [-0.2, -0.15) is 0 Å². The topological polar surface area (TPSA) is 48.1 Å². The lowest BCUT2D eigenvalue weighted by Gasteiger charge is -2.08. The normalized spacial score (nSPS) is 11.4. The molecule has 76 valence electrons. The molecular weight excluding hydrogens is 180 g/mol. The van der Waals surface area contributed by atoms with E-state index in [1.165, 1.54) is 6.08 Å². The third kappa shape index (κ3) is 2.45. The Balaban J connectivity index is 2.91. The van der Waals surface area contributed by atoms with Crippen molar-refractivity contribution >= 4 is 6.08 Å². The van der Waals surface area contributed by atoms with E-state index in [9.17, 15) is 10.1 Å². The molecule has 0 saturated heterocycles. The Bertz CT molecular complexity index is 364. The maximum absolute atomic E-state index is 10.1. The summed E-state index contributed by atoms with van der Waals surface area (Å²) < 4.78 is 2.08. The van der Waals surface area contributed by atoms with Crippen molar-refractivity contribution in [3.63, 3.8) is 0 Å². The van der Waals surface area contributed by atoms with E-state index in [-0.39, 0.29) is 0 Å². The van der Waals surface area contributed by atoms with Crippen molar-refractivity contribution in [3.05, 3.63) is 39.8 Å². The summed E-state index contributed by atoms with van der Waals surface area (Å²) in [6.07, 6.45) is 4.38. The van der Waals surface area contributed by atoms with E-state index in [0.717, 1.165) is 17.5 Å². The highest BCUT2D eigenvalue weighted by Gasteiger charge is 2.03. The number of aryl methyl sites for hydroxylation is 1. The number of aromatic nitrogens is 1. The lowest BCUT2D eigenvalue weighted by Crippen LogP contribution is -1.99. The minimum Gasteiger partial charge on any atom is -0.349 e. The molecule has 0 fully saturated rings. The second-order valence-corrected chi connectivity index (χ2v) is 3.52. The maximum Gasteiger partial charge on any atom is 0.235 e. The van der Waals surface area contributed by atoms with E-state index in [4.69, 9.17) is 0 Å². The van der Waals surface area contributed by atoms with Gasteiger partial charge < -0.3 is 4.57 Å². The molecule has 0 bridgehead atoms. The predicted octanol–water partition coefficient (Wildman–Crippen LogP) is 2.62. The standard InChI is InChI=1S/C10H14N2O2/c1-8(2)11-7-10(6-9(11)3)4-5-12(13)14/h4-8H,1-3H3/b5-4+. The van der Waals surface area contributed by atoms with Crippen molar-refractivity contribution in [3.8, 4) is 0 Å². The largest absolute Gasteiger partial charge is 0.349 e. The predicted molar refractivity (Wildman–Crippen MR) is 55.6 cm³/mol. The Morgan fingerprint density at radius 3 is 2.64 bits per heavy atom. The van der Waals surface area contributed by atoms with Crippen LogP contribution in [-0.2, 0) is 0 Å². The highest BCUT2D eigenvalue weighted by Crippen LogP contribution is 2.14. The zero-order chi connectivity index (χ0) is 10.7. The molecule has 0 N–H and O–H groups in total. The number of nitrogens with zero attached hydrogens (tertiary/aromatic N) is 2. The van der Waals surface area contributed by atoms with Crippen molar-refractivity contribution in [1.82, 2.24) is 4.57 Å². The highest BCUT2D eigenvalue weighted by molar-refractivity contribution is 5.48. The molecule has 1 aromatic heterocycles. The number of hydrogen-bond acceptors (Lipinski definition) is 2. The molecule has 0 aliphatic carbocycles. The molecule has 4 nitrogen and oxygen atoms in total. The molecule has 1 heterocycles. The van der Waals surface area contributed by atoms with E-state index in [2.05, 4.69) is 18.4 Å². The zero-order valence-corrected chi connectivity index (χ0v) is 8.60. The van der Waals surface area contributed by atoms with Gasteiger partial charge in [0.15, 0.2) is 0 Å². The van der Waals surface area contributed by atoms with Gasteiger partial charge in [-0.15, -0.1) is 0 Å². The molecule has 4 heteroatoms. The summed E-state index contributed by atoms with van der Waals surface area (Å²) in [7, 11) is 0. The van der Waals surface area contributed by atoms with Gasteiger partial charge >= 0.3 is 0 Å². The zero-order valence-electron chi connectivity index (χ0n) is 8.60. The van der Waals surface area contributed by atoms with Gasteiger partial charge in [0.2, 0.25) is 6.20 Å². The van der Waals surface area contributed by atoms with Crippen LogP contribution < -0.4 is 0 Å². The molecule has 0 spiro atoms. The smallest absolute Gasteiger partial charge is 0.235 e. The SMILES string of the molecule is Cc1cc(/C=C/[N+](=O)[O-])cn1C(C)C. The first-order valence-electron chi connectivity index (χ1n) is 4.51. The Morgan fingerprint density at radius 2 is 2.21 bits per heavy atom. The quantitative estimate of drug-likeness (QED) is 0.548. The van der Waals surface area contributed by atoms with E-state index >= 15 is 0 Å². The fourth-order valence-electron chi connectivity index (χ4n) is 1.41. The van der Waals surface area contributed by atoms with Crippen molar-refractivity contribution in [1.29, 1.82) is 0 Å². The summed E-state index contributed by atoms with van der Waals surface area (Å²) in [6, 6.07) is 2.31. The lowest BCUT2D eigenvalue weighted by atomic mass is 10.3. The molecule has 0 atom stereocenters. The lowest BCUT2D eigenvalue weighted by molar-refractivity contribution is -0.400. The molecule has 0 saturated carbocycles. The van der Waals surface area contributed by atoms with Crippen LogP contribution in [0.2, 0.25) is 0 Å². The van der Waals surface area contributed by atoms with Crippen molar-refractivity contribution in [2.75, 3.05) is 0 Å². The molecular formula is C10H14N2O2. The average Bonchev–Trinajstić information content (AvgIpc) is 2.43. The first kappa shape index (κ1) is 10.5. The van der Waals surface area contributed by atoms with E-state index in [0.29, 0.717) is 6.04 Å². The fourth-order valence-corrected chi connectivity index (χ4v) is 1.41. The van der Waals surface area contributed by atoms with Crippen LogP contribution in [0.5, 0.6) is 0 Å². The van der Waals surface area contributed by atoms with Crippen molar-refractivity contribution < 1.29 is 4.92 Å². The fraction of sp³-hybridized carbons (Fsp3) is 0.400. The second-order valence-electron chi connectivity index (χ2n) is 3.52. The minimum absolute atomic E-state index is 0.382. The number of nitro groups is 1. The van der Waals surface area contributed by atoms with Gasteiger partial charge in [0.1, 0.15) is 0 Å². The van der Waals surface area contributed by atoms with Gasteiger partial charge in [-0.05, 0) is 32.4 Å². The summed E-state index contributed by atoms with van der Waals surface area (Å²) in [5, 5.41) is 10.1. The van der Waals surface area contributed by atoms with Crippen LogP contribution >= 0.6 is 0 Å². The molecule has 0 aromatic carbocycles. The molecule has 14 heavy (non-hydrogen) atoms. The number of hydrogen-bond donors (Lipinski definition) is 0. The third-order valence-corrected chi connectivity index (χ3v) is 2.02. The minimum atomic E-state index is -0.456. The maximum atomic E-state index is 10.1. The van der Waals surface area contributed by atoms with E-state index in [1.807, 2.05) is 19.2 Å². The second kappa shape index (κ2) is 4.09. The van der Waals surface area contributed by atoms with Crippen LogP contribution in [0.1, 0.15) is 31.1 Å². The van der Waals surface area contributed by atoms with Crippen molar-refractivity contribution in [2.45, 2.75) is 26.8 Å². The Hall–Kier alpha value is -1.58. The Kier molecular flexibility index (Phi) is 3.06. The van der Waals surface area contributed by atoms with Gasteiger partial charge in [0.05, 0.1) is 4.92 Å². The summed E-state index contributed by atoms with van der Waals surface area (Å²) in [4.78, 5) is 9.65. The third-order valence-electron chi connectivity index (χ3n) is 2.02. The van der Waals surface area contributed by atoms with Gasteiger partial charge in [0, 0.05) is 24.0 Å². The summed E-state index contributed by atoms with van der Waals surface area (Å²) in [6.45, 7) is 6.14. The van der Waals surface area contributed by atoms with E-state index in [1.54, 1.807) is 0 Å². The molecule has 0 aliphatic heterocycles. The van der Waals surface area contributed by atoms with Crippen LogP contribution in [0, 0.1) is 17.0 Å². The number of rotatable bonds is 3. The highest BCUT2D eigenvalue weighted by atomic mass is 16.6. The molecule has 1 aromatic rings. The first-order valence-corrected chi connectivity index (χ1v) is 4.51. The Labute approximate surface area is 83.0 Å². The average molecular weight is 194 g/mol. The van der Waals surface area contributed by atoms with Gasteiger partial charge in [0.25, 0.3) is 0 Å². The summed E-state index contributed by atoms with van der Waals surface area (Å²) in [5.74, 6) is 0. The van der Waals surface area contributed by atoms with Crippen LogP contribution in [0.3, 0.4) is 0 Å². The van der Waals surface area contributed by atoms with Gasteiger partial charge in [-0.25, -0.2) is 0 Å². The molecule has 0 aliphatic rings. The monoisotopic (exact) mass is 194 g/mol. The van der Waals surface area contributed by atoms with Crippen LogP contribution in [0.25, 0.3) is 6.08 Å². The molecule has 0 unspecified atom stereocenters.